The van der Waals surface area contributed by atoms with Crippen LogP contribution < -0.4 is 5.32 Å². The molecule has 1 atom stereocenters. The van der Waals surface area contributed by atoms with Crippen LogP contribution in [0.3, 0.4) is 0 Å². The van der Waals surface area contributed by atoms with Crippen LogP contribution >= 0.6 is 0 Å². The first-order chi connectivity index (χ1) is 7.63. The summed E-state index contributed by atoms with van der Waals surface area (Å²) in [4.78, 5) is 22.0. The van der Waals surface area contributed by atoms with Crippen molar-refractivity contribution >= 4 is 12.1 Å². The highest BCUT2D eigenvalue weighted by Gasteiger charge is 2.26. The van der Waals surface area contributed by atoms with Crippen molar-refractivity contribution in [3.8, 4) is 0 Å². The predicted octanol–water partition coefficient (Wildman–Crippen LogP) is 1.54. The van der Waals surface area contributed by atoms with Gasteiger partial charge in [-0.3, -0.25) is 0 Å². The Kier molecular flexibility index (Phi) is 4.82. The average Bonchev–Trinajstić information content (AvgIpc) is 3.04. The van der Waals surface area contributed by atoms with E-state index in [1.165, 1.54) is 18.9 Å². The van der Waals surface area contributed by atoms with Gasteiger partial charge in [0.25, 0.3) is 0 Å². The molecule has 1 aliphatic rings. The van der Waals surface area contributed by atoms with E-state index in [-0.39, 0.29) is 6.61 Å². The minimum atomic E-state index is -1.02. The fraction of sp³-hybridized carbons (Fsp3) is 0.636. The minimum absolute atomic E-state index is 0.0841. The standard InChI is InChI=1S/C11H17NO4/c1-2-7-16-11(15)12-9(10(13)14)6-5-8-3-4-8/h2,8-9H,1,3-7H2,(H,12,15)(H,13,14). The highest BCUT2D eigenvalue weighted by atomic mass is 16.5. The first-order valence-electron chi connectivity index (χ1n) is 5.40. The maximum absolute atomic E-state index is 11.1. The van der Waals surface area contributed by atoms with Crippen LogP contribution in [-0.2, 0) is 9.53 Å². The second-order valence-electron chi connectivity index (χ2n) is 3.94. The Balaban J connectivity index is 2.27. The lowest BCUT2D eigenvalue weighted by molar-refractivity contribution is -0.139. The number of amides is 1. The fourth-order valence-electron chi connectivity index (χ4n) is 1.38. The molecule has 1 unspecified atom stereocenters. The molecule has 0 saturated heterocycles. The average molecular weight is 227 g/mol. The van der Waals surface area contributed by atoms with Crippen molar-refractivity contribution in [2.45, 2.75) is 31.7 Å². The molecule has 0 spiro atoms. The number of carbonyl (C=O) groups is 2. The predicted molar refractivity (Wildman–Crippen MR) is 58.1 cm³/mol. The second kappa shape index (κ2) is 6.15. The SMILES string of the molecule is C=CCOC(=O)NC(CCC1CC1)C(=O)O. The van der Waals surface area contributed by atoms with Crippen LogP contribution in [-0.4, -0.2) is 29.8 Å². The van der Waals surface area contributed by atoms with Gasteiger partial charge in [0, 0.05) is 0 Å². The van der Waals surface area contributed by atoms with Gasteiger partial charge in [-0.25, -0.2) is 9.59 Å². The Bertz CT molecular complexity index is 273. The first kappa shape index (κ1) is 12.5. The van der Waals surface area contributed by atoms with Gasteiger partial charge in [0.2, 0.25) is 0 Å². The number of ether oxygens (including phenoxy) is 1. The molecule has 1 saturated carbocycles. The van der Waals surface area contributed by atoms with E-state index in [1.54, 1.807) is 0 Å². The number of carbonyl (C=O) groups excluding carboxylic acids is 1. The topological polar surface area (TPSA) is 75.6 Å². The molecule has 2 N–H and O–H groups in total. The van der Waals surface area contributed by atoms with Crippen LogP contribution in [0.4, 0.5) is 4.79 Å². The van der Waals surface area contributed by atoms with E-state index >= 15 is 0 Å². The monoisotopic (exact) mass is 227 g/mol. The molecule has 0 aromatic rings. The Morgan fingerprint density at radius 3 is 2.75 bits per heavy atom. The molecule has 1 amide bonds. The zero-order valence-electron chi connectivity index (χ0n) is 9.15. The summed E-state index contributed by atoms with van der Waals surface area (Å²) in [5.74, 6) is -0.371. The molecule has 5 heteroatoms. The van der Waals surface area contributed by atoms with Crippen molar-refractivity contribution in [1.82, 2.24) is 5.32 Å². The number of alkyl carbamates (subject to hydrolysis) is 1. The highest BCUT2D eigenvalue weighted by Crippen LogP contribution is 2.33. The highest BCUT2D eigenvalue weighted by molar-refractivity contribution is 5.79. The lowest BCUT2D eigenvalue weighted by Crippen LogP contribution is -2.41. The van der Waals surface area contributed by atoms with Crippen LogP contribution in [0.5, 0.6) is 0 Å². The van der Waals surface area contributed by atoms with E-state index in [0.717, 1.165) is 6.42 Å². The summed E-state index contributed by atoms with van der Waals surface area (Å²) in [6.45, 7) is 3.48. The van der Waals surface area contributed by atoms with Crippen molar-refractivity contribution in [2.24, 2.45) is 5.92 Å². The van der Waals surface area contributed by atoms with Crippen LogP contribution in [0.25, 0.3) is 0 Å². The molecule has 1 fully saturated rings. The summed E-state index contributed by atoms with van der Waals surface area (Å²) in [5.41, 5.74) is 0. The Morgan fingerprint density at radius 2 is 2.25 bits per heavy atom. The van der Waals surface area contributed by atoms with Gasteiger partial charge in [-0.2, -0.15) is 0 Å². The van der Waals surface area contributed by atoms with Gasteiger partial charge in [0.1, 0.15) is 12.6 Å². The van der Waals surface area contributed by atoms with Crippen LogP contribution in [0, 0.1) is 5.92 Å². The van der Waals surface area contributed by atoms with Gasteiger partial charge in [0.15, 0.2) is 0 Å². The maximum Gasteiger partial charge on any atom is 0.408 e. The molecule has 16 heavy (non-hydrogen) atoms. The number of carboxylic acids is 1. The molecule has 0 aromatic heterocycles. The van der Waals surface area contributed by atoms with Crippen molar-refractivity contribution in [3.63, 3.8) is 0 Å². The Morgan fingerprint density at radius 1 is 1.56 bits per heavy atom. The summed E-state index contributed by atoms with van der Waals surface area (Å²) >= 11 is 0. The third-order valence-corrected chi connectivity index (χ3v) is 2.48. The molecular formula is C11H17NO4. The molecule has 0 bridgehead atoms. The zero-order chi connectivity index (χ0) is 12.0. The van der Waals surface area contributed by atoms with Crippen molar-refractivity contribution in [1.29, 1.82) is 0 Å². The Hall–Kier alpha value is -1.52. The largest absolute Gasteiger partial charge is 0.480 e. The van der Waals surface area contributed by atoms with E-state index in [4.69, 9.17) is 5.11 Å². The normalized spacial score (nSPS) is 16.2. The van der Waals surface area contributed by atoms with Crippen LogP contribution in [0.15, 0.2) is 12.7 Å². The molecule has 5 nitrogen and oxygen atoms in total. The molecule has 0 radical (unpaired) electrons. The van der Waals surface area contributed by atoms with Gasteiger partial charge in [-0.05, 0) is 18.8 Å². The van der Waals surface area contributed by atoms with Crippen molar-refractivity contribution < 1.29 is 19.4 Å². The molecule has 1 rings (SSSR count). The molecule has 0 aliphatic heterocycles. The van der Waals surface area contributed by atoms with E-state index < -0.39 is 18.1 Å². The third-order valence-electron chi connectivity index (χ3n) is 2.48. The molecule has 90 valence electrons. The molecular weight excluding hydrogens is 210 g/mol. The lowest BCUT2D eigenvalue weighted by atomic mass is 10.1. The molecule has 0 aromatic carbocycles. The van der Waals surface area contributed by atoms with E-state index in [0.29, 0.717) is 12.3 Å². The first-order valence-corrected chi connectivity index (χ1v) is 5.40. The Labute approximate surface area is 94.5 Å². The van der Waals surface area contributed by atoms with Crippen molar-refractivity contribution in [3.05, 3.63) is 12.7 Å². The van der Waals surface area contributed by atoms with E-state index in [1.807, 2.05) is 0 Å². The summed E-state index contributed by atoms with van der Waals surface area (Å²) in [7, 11) is 0. The lowest BCUT2D eigenvalue weighted by Gasteiger charge is -2.13. The number of hydrogen-bond acceptors (Lipinski definition) is 3. The third kappa shape index (κ3) is 4.82. The number of nitrogens with one attached hydrogen (secondary N) is 1. The number of rotatable bonds is 7. The van der Waals surface area contributed by atoms with Gasteiger partial charge in [-0.15, -0.1) is 0 Å². The second-order valence-corrected chi connectivity index (χ2v) is 3.94. The number of hydrogen-bond donors (Lipinski definition) is 2. The fourth-order valence-corrected chi connectivity index (χ4v) is 1.38. The summed E-state index contributed by atoms with van der Waals surface area (Å²) in [6.07, 6.45) is 4.38. The molecule has 1 aliphatic carbocycles. The summed E-state index contributed by atoms with van der Waals surface area (Å²) < 4.78 is 4.66. The summed E-state index contributed by atoms with van der Waals surface area (Å²) in [5, 5.41) is 11.2. The van der Waals surface area contributed by atoms with Gasteiger partial charge >= 0.3 is 12.1 Å². The zero-order valence-corrected chi connectivity index (χ0v) is 9.15. The molecule has 0 heterocycles. The van der Waals surface area contributed by atoms with Crippen LogP contribution in [0.2, 0.25) is 0 Å². The minimum Gasteiger partial charge on any atom is -0.480 e. The summed E-state index contributed by atoms with van der Waals surface area (Å²) in [6, 6.07) is -0.849. The number of aliphatic carboxylic acids is 1. The van der Waals surface area contributed by atoms with Crippen LogP contribution in [0.1, 0.15) is 25.7 Å². The quantitative estimate of drug-likeness (QED) is 0.647. The van der Waals surface area contributed by atoms with E-state index in [2.05, 4.69) is 16.6 Å². The van der Waals surface area contributed by atoms with Gasteiger partial charge < -0.3 is 15.2 Å². The smallest absolute Gasteiger partial charge is 0.408 e. The maximum atomic E-state index is 11.1. The van der Waals surface area contributed by atoms with E-state index in [9.17, 15) is 9.59 Å². The number of carboxylic acid groups (broad SMARTS) is 1. The van der Waals surface area contributed by atoms with Crippen molar-refractivity contribution in [2.75, 3.05) is 6.61 Å². The van der Waals surface area contributed by atoms with Gasteiger partial charge in [-0.1, -0.05) is 25.5 Å². The van der Waals surface area contributed by atoms with Gasteiger partial charge in [0.05, 0.1) is 0 Å².